The minimum atomic E-state index is -0.844. The van der Waals surface area contributed by atoms with Crippen molar-refractivity contribution in [1.82, 2.24) is 5.43 Å². The minimum absolute atomic E-state index is 0.107. The summed E-state index contributed by atoms with van der Waals surface area (Å²) in [6.45, 7) is 1.90. The third-order valence-electron chi connectivity index (χ3n) is 1.97. The van der Waals surface area contributed by atoms with E-state index < -0.39 is 5.97 Å². The van der Waals surface area contributed by atoms with Gasteiger partial charge < -0.3 is 5.11 Å². The molecule has 0 spiro atoms. The number of hydrogen-bond acceptors (Lipinski definition) is 4. The Morgan fingerprint density at radius 2 is 2.58 bits per heavy atom. The van der Waals surface area contributed by atoms with Crippen molar-refractivity contribution in [3.8, 4) is 0 Å². The third-order valence-corrected chi connectivity index (χ3v) is 3.19. The van der Waals surface area contributed by atoms with E-state index in [4.69, 9.17) is 5.11 Å². The highest BCUT2D eigenvalue weighted by Crippen LogP contribution is 2.38. The van der Waals surface area contributed by atoms with Crippen LogP contribution in [0.5, 0.6) is 0 Å². The van der Waals surface area contributed by atoms with Crippen molar-refractivity contribution in [1.29, 1.82) is 0 Å². The van der Waals surface area contributed by atoms with Crippen molar-refractivity contribution in [2.45, 2.75) is 12.3 Å². The fourth-order valence-corrected chi connectivity index (χ4v) is 2.43. The summed E-state index contributed by atoms with van der Waals surface area (Å²) in [5.41, 5.74) is 3.85. The molecule has 2 heterocycles. The molecular formula is C7H8N2O2S. The molecule has 0 amide bonds. The van der Waals surface area contributed by atoms with Gasteiger partial charge in [0.15, 0.2) is 0 Å². The number of fused-ring (bicyclic) bond motifs is 1. The molecule has 0 aromatic rings. The second-order valence-corrected chi connectivity index (χ2v) is 3.97. The number of carboxylic acid groups (broad SMARTS) is 1. The predicted molar refractivity (Wildman–Crippen MR) is 46.8 cm³/mol. The monoisotopic (exact) mass is 184 g/mol. The quantitative estimate of drug-likeness (QED) is 0.627. The van der Waals surface area contributed by atoms with Crippen LogP contribution in [0.4, 0.5) is 0 Å². The number of hydrazone groups is 1. The Hall–Kier alpha value is -0.970. The van der Waals surface area contributed by atoms with E-state index in [-0.39, 0.29) is 11.3 Å². The van der Waals surface area contributed by atoms with Gasteiger partial charge in [-0.2, -0.15) is 5.10 Å². The van der Waals surface area contributed by atoms with Gasteiger partial charge in [-0.3, -0.25) is 5.43 Å². The van der Waals surface area contributed by atoms with E-state index in [2.05, 4.69) is 10.5 Å². The Morgan fingerprint density at radius 1 is 1.83 bits per heavy atom. The van der Waals surface area contributed by atoms with Gasteiger partial charge in [0.25, 0.3) is 0 Å². The van der Waals surface area contributed by atoms with E-state index in [0.717, 1.165) is 5.71 Å². The SMILES string of the molecule is CC1=NNC2SC(C(=O)O)=CC12. The van der Waals surface area contributed by atoms with Crippen LogP contribution in [0.2, 0.25) is 0 Å². The van der Waals surface area contributed by atoms with E-state index in [0.29, 0.717) is 4.91 Å². The molecule has 0 fully saturated rings. The first-order chi connectivity index (χ1) is 5.68. The molecule has 2 unspecified atom stereocenters. The summed E-state index contributed by atoms with van der Waals surface area (Å²) < 4.78 is 0. The summed E-state index contributed by atoms with van der Waals surface area (Å²) in [6.07, 6.45) is 1.76. The maximum absolute atomic E-state index is 10.6. The van der Waals surface area contributed by atoms with Crippen LogP contribution in [-0.4, -0.2) is 22.2 Å². The number of carboxylic acids is 1. The fourth-order valence-electron chi connectivity index (χ4n) is 1.31. The van der Waals surface area contributed by atoms with Crippen molar-refractivity contribution >= 4 is 23.4 Å². The van der Waals surface area contributed by atoms with E-state index in [1.165, 1.54) is 11.8 Å². The van der Waals surface area contributed by atoms with Gasteiger partial charge in [0.05, 0.1) is 4.91 Å². The number of nitrogens with zero attached hydrogens (tertiary/aromatic N) is 1. The van der Waals surface area contributed by atoms with Crippen molar-refractivity contribution in [3.05, 3.63) is 11.0 Å². The molecule has 0 aromatic heterocycles. The van der Waals surface area contributed by atoms with Crippen LogP contribution < -0.4 is 5.43 Å². The number of rotatable bonds is 1. The molecule has 2 aliphatic heterocycles. The van der Waals surface area contributed by atoms with Crippen LogP contribution in [0.1, 0.15) is 6.92 Å². The number of carbonyl (C=O) groups is 1. The Labute approximate surface area is 73.7 Å². The maximum Gasteiger partial charge on any atom is 0.341 e. The van der Waals surface area contributed by atoms with E-state index >= 15 is 0 Å². The average molecular weight is 184 g/mol. The molecule has 2 rings (SSSR count). The van der Waals surface area contributed by atoms with E-state index in [1.807, 2.05) is 6.92 Å². The second kappa shape index (κ2) is 2.52. The summed E-state index contributed by atoms with van der Waals surface area (Å²) >= 11 is 1.33. The second-order valence-electron chi connectivity index (χ2n) is 2.78. The van der Waals surface area contributed by atoms with Crippen molar-refractivity contribution in [2.24, 2.45) is 11.0 Å². The summed E-state index contributed by atoms with van der Waals surface area (Å²) in [6, 6.07) is 0. The van der Waals surface area contributed by atoms with Crippen LogP contribution in [-0.2, 0) is 4.79 Å². The molecule has 0 aromatic carbocycles. The highest BCUT2D eigenvalue weighted by Gasteiger charge is 2.36. The van der Waals surface area contributed by atoms with Crippen molar-refractivity contribution < 1.29 is 9.90 Å². The van der Waals surface area contributed by atoms with Gasteiger partial charge in [-0.05, 0) is 6.92 Å². The molecule has 0 saturated carbocycles. The molecule has 2 atom stereocenters. The lowest BCUT2D eigenvalue weighted by molar-refractivity contribution is -0.131. The van der Waals surface area contributed by atoms with Crippen molar-refractivity contribution in [3.63, 3.8) is 0 Å². The molecule has 0 bridgehead atoms. The zero-order valence-electron chi connectivity index (χ0n) is 6.44. The lowest BCUT2D eigenvalue weighted by Crippen LogP contribution is -2.20. The average Bonchev–Trinajstić information content (AvgIpc) is 2.53. The first kappa shape index (κ1) is 7.67. The van der Waals surface area contributed by atoms with Crippen LogP contribution in [0.25, 0.3) is 0 Å². The summed E-state index contributed by atoms with van der Waals surface area (Å²) in [4.78, 5) is 11.0. The highest BCUT2D eigenvalue weighted by molar-refractivity contribution is 8.04. The molecule has 64 valence electrons. The molecule has 0 radical (unpaired) electrons. The Kier molecular flexibility index (Phi) is 1.61. The lowest BCUT2D eigenvalue weighted by atomic mass is 10.1. The summed E-state index contributed by atoms with van der Waals surface area (Å²) in [7, 11) is 0. The normalized spacial score (nSPS) is 32.1. The number of nitrogens with one attached hydrogen (secondary N) is 1. The minimum Gasteiger partial charge on any atom is -0.477 e. The molecule has 12 heavy (non-hydrogen) atoms. The topological polar surface area (TPSA) is 61.7 Å². The molecule has 2 aliphatic rings. The fraction of sp³-hybridized carbons (Fsp3) is 0.429. The van der Waals surface area contributed by atoms with Gasteiger partial charge in [0.2, 0.25) is 0 Å². The Morgan fingerprint density at radius 3 is 3.17 bits per heavy atom. The smallest absolute Gasteiger partial charge is 0.341 e. The molecule has 0 aliphatic carbocycles. The summed E-state index contributed by atoms with van der Waals surface area (Å²) in [5, 5.41) is 12.8. The van der Waals surface area contributed by atoms with Gasteiger partial charge in [-0.1, -0.05) is 17.8 Å². The highest BCUT2D eigenvalue weighted by atomic mass is 32.2. The molecule has 4 nitrogen and oxygen atoms in total. The van der Waals surface area contributed by atoms with Crippen LogP contribution in [0, 0.1) is 5.92 Å². The molecule has 0 saturated heterocycles. The molecule has 5 heteroatoms. The number of hydrogen-bond donors (Lipinski definition) is 2. The lowest BCUT2D eigenvalue weighted by Gasteiger charge is -2.06. The Bertz CT molecular complexity index is 298. The maximum atomic E-state index is 10.6. The van der Waals surface area contributed by atoms with E-state index in [9.17, 15) is 4.79 Å². The summed E-state index contributed by atoms with van der Waals surface area (Å²) in [5.74, 6) is -0.676. The first-order valence-corrected chi connectivity index (χ1v) is 4.48. The van der Waals surface area contributed by atoms with Gasteiger partial charge in [-0.15, -0.1) is 0 Å². The molecule has 2 N–H and O–H groups in total. The van der Waals surface area contributed by atoms with Gasteiger partial charge in [-0.25, -0.2) is 4.79 Å². The largest absolute Gasteiger partial charge is 0.477 e. The van der Waals surface area contributed by atoms with Crippen LogP contribution in [0.15, 0.2) is 16.1 Å². The zero-order chi connectivity index (χ0) is 8.72. The standard InChI is InChI=1S/C7H8N2O2S/c1-3-4-2-5(7(10)11)12-6(4)9-8-3/h2,4,6,9H,1H3,(H,10,11). The Balaban J connectivity index is 2.22. The molecular weight excluding hydrogens is 176 g/mol. The predicted octanol–water partition coefficient (Wildman–Crippen LogP) is 0.623. The van der Waals surface area contributed by atoms with Gasteiger partial charge >= 0.3 is 5.97 Å². The van der Waals surface area contributed by atoms with Gasteiger partial charge in [0.1, 0.15) is 5.37 Å². The third kappa shape index (κ3) is 1.01. The van der Waals surface area contributed by atoms with Gasteiger partial charge in [0, 0.05) is 11.6 Å². The number of thioether (sulfide) groups is 1. The van der Waals surface area contributed by atoms with E-state index in [1.54, 1.807) is 6.08 Å². The first-order valence-electron chi connectivity index (χ1n) is 3.60. The zero-order valence-corrected chi connectivity index (χ0v) is 7.26. The number of aliphatic carboxylic acids is 1. The van der Waals surface area contributed by atoms with Crippen LogP contribution >= 0.6 is 11.8 Å². The van der Waals surface area contributed by atoms with Crippen LogP contribution in [0.3, 0.4) is 0 Å². The van der Waals surface area contributed by atoms with Crippen molar-refractivity contribution in [2.75, 3.05) is 0 Å².